The van der Waals surface area contributed by atoms with Gasteiger partial charge in [0.2, 0.25) is 15.7 Å². The third-order valence-corrected chi connectivity index (χ3v) is 6.06. The van der Waals surface area contributed by atoms with Gasteiger partial charge in [-0.15, -0.1) is 5.10 Å². The van der Waals surface area contributed by atoms with Gasteiger partial charge in [-0.1, -0.05) is 35.4 Å². The monoisotopic (exact) mass is 413 g/mol. The van der Waals surface area contributed by atoms with E-state index in [0.717, 1.165) is 24.1 Å². The second-order valence-corrected chi connectivity index (χ2v) is 8.48. The zero-order valence-electron chi connectivity index (χ0n) is 15.7. The van der Waals surface area contributed by atoms with Gasteiger partial charge >= 0.3 is 5.22 Å². The molecule has 0 N–H and O–H groups in total. The minimum atomic E-state index is -4.09. The number of rotatable bonds is 5. The van der Waals surface area contributed by atoms with Crippen molar-refractivity contribution in [2.24, 2.45) is 0 Å². The summed E-state index contributed by atoms with van der Waals surface area (Å²) in [5.41, 5.74) is 2.25. The van der Waals surface area contributed by atoms with Crippen LogP contribution >= 0.6 is 0 Å². The number of benzene rings is 2. The van der Waals surface area contributed by atoms with E-state index in [1.54, 1.807) is 24.3 Å². The minimum Gasteiger partial charge on any atom is -0.496 e. The van der Waals surface area contributed by atoms with Crippen LogP contribution in [-0.2, 0) is 21.1 Å². The molecule has 9 heteroatoms. The molecule has 1 amide bonds. The lowest BCUT2D eigenvalue weighted by Gasteiger charge is -2.29. The van der Waals surface area contributed by atoms with Crippen LogP contribution in [0.15, 0.2) is 58.2 Å². The number of anilines is 1. The molecule has 8 nitrogen and oxygen atoms in total. The van der Waals surface area contributed by atoms with Crippen molar-refractivity contribution in [3.63, 3.8) is 0 Å². The molecule has 0 radical (unpaired) electrons. The molecule has 1 aromatic heterocycles. The summed E-state index contributed by atoms with van der Waals surface area (Å²) in [6, 6.07) is 14.4. The molecule has 0 atom stereocenters. The van der Waals surface area contributed by atoms with Crippen molar-refractivity contribution < 1.29 is 22.4 Å². The molecule has 0 fully saturated rings. The average Bonchev–Trinajstić information content (AvgIpc) is 3.24. The van der Waals surface area contributed by atoms with Crippen LogP contribution in [0.25, 0.3) is 11.5 Å². The Balaban J connectivity index is 1.57. The number of hydrogen-bond acceptors (Lipinski definition) is 7. The molecule has 0 aliphatic carbocycles. The molecule has 1 aliphatic heterocycles. The number of ether oxygens (including phenoxy) is 1. The summed E-state index contributed by atoms with van der Waals surface area (Å²) in [6.45, 7) is 0.474. The maximum absolute atomic E-state index is 12.8. The Labute approximate surface area is 168 Å². The van der Waals surface area contributed by atoms with Gasteiger partial charge in [-0.3, -0.25) is 4.79 Å². The van der Waals surface area contributed by atoms with E-state index in [4.69, 9.17) is 9.15 Å². The van der Waals surface area contributed by atoms with E-state index in [1.807, 2.05) is 24.3 Å². The number of hydrogen-bond donors (Lipinski definition) is 0. The third kappa shape index (κ3) is 3.73. The van der Waals surface area contributed by atoms with Crippen LogP contribution in [-0.4, -0.2) is 43.9 Å². The lowest BCUT2D eigenvalue weighted by atomic mass is 10.0. The van der Waals surface area contributed by atoms with E-state index in [2.05, 4.69) is 10.2 Å². The standard InChI is InChI=1S/C20H19N3O5S/c1-27-17-11-5-3-9-15(17)19-21-22-20(28-19)29(25,26)13-18(24)23-12-6-8-14-7-2-4-10-16(14)23/h2-5,7,9-11H,6,8,12-13H2,1H3. The number of fused-ring (bicyclic) bond motifs is 1. The van der Waals surface area contributed by atoms with Crippen molar-refractivity contribution in [1.29, 1.82) is 0 Å². The van der Waals surface area contributed by atoms with Crippen molar-refractivity contribution >= 4 is 21.4 Å². The highest BCUT2D eigenvalue weighted by molar-refractivity contribution is 7.91. The number of methoxy groups -OCH3 is 1. The number of sulfone groups is 1. The van der Waals surface area contributed by atoms with Crippen LogP contribution < -0.4 is 9.64 Å². The Morgan fingerprint density at radius 2 is 1.90 bits per heavy atom. The summed E-state index contributed by atoms with van der Waals surface area (Å²) in [5.74, 6) is -0.776. The van der Waals surface area contributed by atoms with E-state index in [-0.39, 0.29) is 5.89 Å². The van der Waals surface area contributed by atoms with E-state index < -0.39 is 26.7 Å². The molecule has 2 aromatic carbocycles. The summed E-state index contributed by atoms with van der Waals surface area (Å²) < 4.78 is 36.1. The molecule has 3 aromatic rings. The number of amides is 1. The van der Waals surface area contributed by atoms with Crippen molar-refractivity contribution in [3.05, 3.63) is 54.1 Å². The highest BCUT2D eigenvalue weighted by Gasteiger charge is 2.31. The number of para-hydroxylation sites is 2. The first-order chi connectivity index (χ1) is 14.0. The predicted octanol–water partition coefficient (Wildman–Crippen LogP) is 2.50. The second kappa shape index (κ2) is 7.67. The topological polar surface area (TPSA) is 103 Å². The Morgan fingerprint density at radius 3 is 2.72 bits per heavy atom. The maximum Gasteiger partial charge on any atom is 0.336 e. The fraction of sp³-hybridized carbons (Fsp3) is 0.250. The molecule has 29 heavy (non-hydrogen) atoms. The summed E-state index contributed by atoms with van der Waals surface area (Å²) in [4.78, 5) is 14.3. The van der Waals surface area contributed by atoms with Gasteiger partial charge in [-0.25, -0.2) is 8.42 Å². The Kier molecular flexibility index (Phi) is 5.06. The normalized spacial score (nSPS) is 13.8. The van der Waals surface area contributed by atoms with Crippen LogP contribution in [0.4, 0.5) is 5.69 Å². The average molecular weight is 413 g/mol. The lowest BCUT2D eigenvalue weighted by Crippen LogP contribution is -2.39. The summed E-state index contributed by atoms with van der Waals surface area (Å²) in [5, 5.41) is 6.88. The number of nitrogens with zero attached hydrogens (tertiary/aromatic N) is 3. The van der Waals surface area contributed by atoms with Gasteiger partial charge in [0.1, 0.15) is 11.5 Å². The van der Waals surface area contributed by atoms with Crippen molar-refractivity contribution in [3.8, 4) is 17.2 Å². The first-order valence-electron chi connectivity index (χ1n) is 9.07. The van der Waals surface area contributed by atoms with Crippen molar-refractivity contribution in [2.75, 3.05) is 24.3 Å². The summed E-state index contributed by atoms with van der Waals surface area (Å²) >= 11 is 0. The second-order valence-electron chi connectivity index (χ2n) is 6.61. The molecule has 2 heterocycles. The van der Waals surface area contributed by atoms with Crippen molar-refractivity contribution in [1.82, 2.24) is 10.2 Å². The zero-order chi connectivity index (χ0) is 20.4. The Morgan fingerprint density at radius 1 is 1.14 bits per heavy atom. The summed E-state index contributed by atoms with van der Waals surface area (Å²) in [6.07, 6.45) is 1.64. The van der Waals surface area contributed by atoms with Crippen LogP contribution in [0.2, 0.25) is 0 Å². The lowest BCUT2D eigenvalue weighted by molar-refractivity contribution is -0.116. The zero-order valence-corrected chi connectivity index (χ0v) is 16.6. The molecule has 0 unspecified atom stereocenters. The van der Waals surface area contributed by atoms with Crippen LogP contribution in [0.3, 0.4) is 0 Å². The fourth-order valence-electron chi connectivity index (χ4n) is 3.36. The van der Waals surface area contributed by atoms with Crippen molar-refractivity contribution in [2.45, 2.75) is 18.1 Å². The smallest absolute Gasteiger partial charge is 0.336 e. The molecule has 0 bridgehead atoms. The molecule has 150 valence electrons. The molecule has 0 saturated carbocycles. The Bertz CT molecular complexity index is 1160. The maximum atomic E-state index is 12.8. The van der Waals surface area contributed by atoms with E-state index in [0.29, 0.717) is 17.9 Å². The molecule has 0 saturated heterocycles. The van der Waals surface area contributed by atoms with E-state index in [1.165, 1.54) is 12.0 Å². The van der Waals surface area contributed by atoms with Gasteiger partial charge in [0.15, 0.2) is 0 Å². The quantitative estimate of drug-likeness (QED) is 0.633. The van der Waals surface area contributed by atoms with Gasteiger partial charge in [0.25, 0.3) is 5.89 Å². The van der Waals surface area contributed by atoms with Crippen LogP contribution in [0, 0.1) is 0 Å². The van der Waals surface area contributed by atoms with Gasteiger partial charge in [0.05, 0.1) is 12.7 Å². The predicted molar refractivity (Wildman–Crippen MR) is 105 cm³/mol. The van der Waals surface area contributed by atoms with Crippen LogP contribution in [0.5, 0.6) is 5.75 Å². The van der Waals surface area contributed by atoms with Gasteiger partial charge < -0.3 is 14.1 Å². The highest BCUT2D eigenvalue weighted by Crippen LogP contribution is 2.30. The van der Waals surface area contributed by atoms with Crippen LogP contribution in [0.1, 0.15) is 12.0 Å². The number of aryl methyl sites for hydroxylation is 1. The Hall–Kier alpha value is -3.20. The van der Waals surface area contributed by atoms with E-state index >= 15 is 0 Å². The number of carbonyl (C=O) groups excluding carboxylic acids is 1. The summed E-state index contributed by atoms with van der Waals surface area (Å²) in [7, 11) is -2.60. The van der Waals surface area contributed by atoms with Gasteiger partial charge in [0, 0.05) is 12.2 Å². The minimum absolute atomic E-state index is 0.0109. The molecule has 4 rings (SSSR count). The third-order valence-electron chi connectivity index (χ3n) is 4.73. The van der Waals surface area contributed by atoms with Gasteiger partial charge in [-0.05, 0) is 36.6 Å². The number of carbonyl (C=O) groups is 1. The highest BCUT2D eigenvalue weighted by atomic mass is 32.2. The first kappa shape index (κ1) is 19.1. The largest absolute Gasteiger partial charge is 0.496 e. The number of aromatic nitrogens is 2. The molecular weight excluding hydrogens is 394 g/mol. The van der Waals surface area contributed by atoms with Gasteiger partial charge in [-0.2, -0.15) is 0 Å². The SMILES string of the molecule is COc1ccccc1-c1nnc(S(=O)(=O)CC(=O)N2CCCc3ccccc32)o1. The first-order valence-corrected chi connectivity index (χ1v) is 10.7. The molecule has 1 aliphatic rings. The fourth-order valence-corrected chi connectivity index (χ4v) is 4.34. The molecular formula is C20H19N3O5S. The molecule has 0 spiro atoms. The van der Waals surface area contributed by atoms with E-state index in [9.17, 15) is 13.2 Å².